The molecule has 0 unspecified atom stereocenters. The summed E-state index contributed by atoms with van der Waals surface area (Å²) in [6.07, 6.45) is 4.95. The van der Waals surface area contributed by atoms with Gasteiger partial charge in [0.05, 0.1) is 17.4 Å². The van der Waals surface area contributed by atoms with Crippen LogP contribution in [0.25, 0.3) is 16.7 Å². The van der Waals surface area contributed by atoms with E-state index >= 15 is 0 Å². The van der Waals surface area contributed by atoms with Crippen LogP contribution >= 0.6 is 0 Å². The molecule has 0 aliphatic rings. The van der Waals surface area contributed by atoms with Crippen molar-refractivity contribution in [2.24, 2.45) is 0 Å². The lowest BCUT2D eigenvalue weighted by Crippen LogP contribution is -2.27. The van der Waals surface area contributed by atoms with Gasteiger partial charge >= 0.3 is 0 Å². The molecule has 3 aromatic heterocycles. The number of rotatable bonds is 6. The quantitative estimate of drug-likeness (QED) is 0.521. The minimum absolute atomic E-state index is 0.149. The van der Waals surface area contributed by atoms with Gasteiger partial charge < -0.3 is 5.32 Å². The van der Waals surface area contributed by atoms with E-state index in [1.165, 1.54) is 23.0 Å². The first-order chi connectivity index (χ1) is 15.0. The zero-order valence-corrected chi connectivity index (χ0v) is 17.3. The molecule has 1 N–H and O–H groups in total. The number of benzene rings is 1. The number of pyridine rings is 1. The maximum absolute atomic E-state index is 13.7. The lowest BCUT2D eigenvalue weighted by Gasteiger charge is -2.09. The van der Waals surface area contributed by atoms with Crippen LogP contribution in [0.3, 0.4) is 0 Å². The Hall–Kier alpha value is -3.81. The fraction of sp³-hybridized carbons (Fsp3) is 0.217. The summed E-state index contributed by atoms with van der Waals surface area (Å²) >= 11 is 0. The summed E-state index contributed by atoms with van der Waals surface area (Å²) in [5, 5.41) is 3.30. The van der Waals surface area contributed by atoms with Gasteiger partial charge in [-0.2, -0.15) is 0 Å². The first-order valence-corrected chi connectivity index (χ1v) is 9.94. The molecule has 0 bridgehead atoms. The lowest BCUT2D eigenvalue weighted by molar-refractivity contribution is -0.121. The third-order valence-electron chi connectivity index (χ3n) is 5.34. The van der Waals surface area contributed by atoms with Gasteiger partial charge in [0, 0.05) is 37.6 Å². The monoisotopic (exact) mass is 419 g/mol. The van der Waals surface area contributed by atoms with Gasteiger partial charge in [-0.05, 0) is 49.2 Å². The van der Waals surface area contributed by atoms with Crippen LogP contribution in [-0.4, -0.2) is 25.0 Å². The van der Waals surface area contributed by atoms with E-state index in [9.17, 15) is 14.0 Å². The number of carbonyl (C=O) groups is 1. The number of nitrogens with zero attached hydrogens (tertiary/aromatic N) is 4. The third-order valence-corrected chi connectivity index (χ3v) is 5.34. The fourth-order valence-electron chi connectivity index (χ4n) is 3.59. The van der Waals surface area contributed by atoms with Crippen LogP contribution in [0.5, 0.6) is 0 Å². The van der Waals surface area contributed by atoms with Gasteiger partial charge in [-0.3, -0.25) is 23.7 Å². The van der Waals surface area contributed by atoms with Crippen LogP contribution in [0.15, 0.2) is 59.9 Å². The molecule has 158 valence electrons. The molecule has 7 nitrogen and oxygen atoms in total. The largest absolute Gasteiger partial charge is 0.352 e. The maximum Gasteiger partial charge on any atom is 0.263 e. The summed E-state index contributed by atoms with van der Waals surface area (Å²) in [6.45, 7) is 4.32. The van der Waals surface area contributed by atoms with E-state index in [1.54, 1.807) is 29.1 Å². The topological polar surface area (TPSA) is 81.8 Å². The maximum atomic E-state index is 13.7. The van der Waals surface area contributed by atoms with Crippen molar-refractivity contribution in [1.82, 2.24) is 24.4 Å². The number of nitrogens with one attached hydrogen (secondary N) is 1. The molecule has 31 heavy (non-hydrogen) atoms. The molecule has 0 aliphatic heterocycles. The van der Waals surface area contributed by atoms with E-state index in [-0.39, 0.29) is 30.2 Å². The summed E-state index contributed by atoms with van der Waals surface area (Å²) in [5.74, 6) is -0.525. The van der Waals surface area contributed by atoms with Crippen LogP contribution < -0.4 is 10.9 Å². The molecular formula is C23H22FN5O2. The standard InChI is InChI=1S/C23H22FN5O2/c1-15-16(2)29(19-7-3-6-18(24)11-19)22-21(15)23(31)28(14-27-22)10-8-20(30)26-13-17-5-4-9-25-12-17/h3-7,9,11-12,14H,8,10,13H2,1-2H3,(H,26,30). The Labute approximate surface area is 178 Å². The molecule has 0 spiro atoms. The zero-order chi connectivity index (χ0) is 22.0. The van der Waals surface area contributed by atoms with Crippen LogP contribution in [0.4, 0.5) is 4.39 Å². The van der Waals surface area contributed by atoms with Gasteiger partial charge in [-0.15, -0.1) is 0 Å². The summed E-state index contributed by atoms with van der Waals surface area (Å²) < 4.78 is 17.0. The molecule has 0 aliphatic carbocycles. The molecule has 0 atom stereocenters. The van der Waals surface area contributed by atoms with Gasteiger partial charge in [0.1, 0.15) is 5.82 Å². The van der Waals surface area contributed by atoms with E-state index in [4.69, 9.17) is 0 Å². The number of fused-ring (bicyclic) bond motifs is 1. The number of hydrogen-bond acceptors (Lipinski definition) is 4. The Balaban J connectivity index is 1.56. The molecule has 8 heteroatoms. The normalized spacial score (nSPS) is 11.1. The van der Waals surface area contributed by atoms with Crippen molar-refractivity contribution in [3.63, 3.8) is 0 Å². The van der Waals surface area contributed by atoms with Crippen molar-refractivity contribution < 1.29 is 9.18 Å². The molecule has 1 amide bonds. The van der Waals surface area contributed by atoms with Crippen LogP contribution in [0.2, 0.25) is 0 Å². The minimum atomic E-state index is -0.359. The molecule has 0 fully saturated rings. The van der Waals surface area contributed by atoms with Crippen molar-refractivity contribution in [2.75, 3.05) is 0 Å². The van der Waals surface area contributed by atoms with E-state index in [2.05, 4.69) is 15.3 Å². The minimum Gasteiger partial charge on any atom is -0.352 e. The fourth-order valence-corrected chi connectivity index (χ4v) is 3.59. The van der Waals surface area contributed by atoms with E-state index in [1.807, 2.05) is 26.0 Å². The second-order valence-electron chi connectivity index (χ2n) is 7.36. The number of aryl methyl sites for hydroxylation is 2. The van der Waals surface area contributed by atoms with E-state index in [0.29, 0.717) is 23.3 Å². The van der Waals surface area contributed by atoms with Crippen molar-refractivity contribution in [1.29, 1.82) is 0 Å². The zero-order valence-electron chi connectivity index (χ0n) is 17.3. The number of aromatic nitrogens is 4. The van der Waals surface area contributed by atoms with E-state index < -0.39 is 0 Å². The van der Waals surface area contributed by atoms with Gasteiger partial charge in [0.15, 0.2) is 5.65 Å². The SMILES string of the molecule is Cc1c(C)n(-c2cccc(F)c2)c2ncn(CCC(=O)NCc3cccnc3)c(=O)c12. The third kappa shape index (κ3) is 4.09. The average molecular weight is 419 g/mol. The van der Waals surface area contributed by atoms with Crippen molar-refractivity contribution >= 4 is 16.9 Å². The second kappa shape index (κ2) is 8.51. The Kier molecular flexibility index (Phi) is 5.62. The Morgan fingerprint density at radius 2 is 2.03 bits per heavy atom. The van der Waals surface area contributed by atoms with Crippen molar-refractivity contribution in [3.8, 4) is 5.69 Å². The van der Waals surface area contributed by atoms with Crippen LogP contribution in [0.1, 0.15) is 23.2 Å². The molecule has 0 radical (unpaired) electrons. The summed E-state index contributed by atoms with van der Waals surface area (Å²) in [7, 11) is 0. The highest BCUT2D eigenvalue weighted by Crippen LogP contribution is 2.25. The molecule has 4 rings (SSSR count). The van der Waals surface area contributed by atoms with Gasteiger partial charge in [0.25, 0.3) is 5.56 Å². The second-order valence-corrected chi connectivity index (χ2v) is 7.36. The molecule has 0 saturated carbocycles. The Bertz CT molecular complexity index is 1310. The summed E-state index contributed by atoms with van der Waals surface area (Å²) in [6, 6.07) is 9.86. The first kappa shape index (κ1) is 20.5. The average Bonchev–Trinajstić information content (AvgIpc) is 3.03. The predicted octanol–water partition coefficient (Wildman–Crippen LogP) is 3.04. The van der Waals surface area contributed by atoms with Gasteiger partial charge in [0.2, 0.25) is 5.91 Å². The van der Waals surface area contributed by atoms with Gasteiger partial charge in [-0.25, -0.2) is 9.37 Å². The highest BCUT2D eigenvalue weighted by atomic mass is 19.1. The number of carbonyl (C=O) groups excluding carboxylic acids is 1. The molecule has 4 aromatic rings. The van der Waals surface area contributed by atoms with Crippen molar-refractivity contribution in [3.05, 3.63) is 88.1 Å². The van der Waals surface area contributed by atoms with E-state index in [0.717, 1.165) is 16.8 Å². The molecular weight excluding hydrogens is 397 g/mol. The first-order valence-electron chi connectivity index (χ1n) is 9.94. The van der Waals surface area contributed by atoms with Crippen LogP contribution in [-0.2, 0) is 17.9 Å². The molecule has 3 heterocycles. The Morgan fingerprint density at radius 3 is 2.77 bits per heavy atom. The smallest absolute Gasteiger partial charge is 0.263 e. The van der Waals surface area contributed by atoms with Crippen LogP contribution in [0, 0.1) is 19.7 Å². The summed E-state index contributed by atoms with van der Waals surface area (Å²) in [4.78, 5) is 33.8. The number of amides is 1. The summed E-state index contributed by atoms with van der Waals surface area (Å²) in [5.41, 5.74) is 3.36. The highest BCUT2D eigenvalue weighted by Gasteiger charge is 2.18. The Morgan fingerprint density at radius 1 is 1.19 bits per heavy atom. The van der Waals surface area contributed by atoms with Gasteiger partial charge in [-0.1, -0.05) is 12.1 Å². The predicted molar refractivity (Wildman–Crippen MR) is 115 cm³/mol. The lowest BCUT2D eigenvalue weighted by atomic mass is 10.2. The molecule has 1 aromatic carbocycles. The van der Waals surface area contributed by atoms with Crippen molar-refractivity contribution in [2.45, 2.75) is 33.4 Å². The number of halogens is 1. The molecule has 0 saturated heterocycles. The highest BCUT2D eigenvalue weighted by molar-refractivity contribution is 5.83. The number of hydrogen-bond donors (Lipinski definition) is 1.